The minimum Gasteiger partial charge on any atom is -0.366 e. The molecule has 5 nitrogen and oxygen atoms in total. The van der Waals surface area contributed by atoms with Crippen LogP contribution in [0.2, 0.25) is 0 Å². The third-order valence-corrected chi connectivity index (χ3v) is 5.50. The van der Waals surface area contributed by atoms with Gasteiger partial charge in [0.15, 0.2) is 5.69 Å². The highest BCUT2D eigenvalue weighted by atomic mass is 16.5. The van der Waals surface area contributed by atoms with E-state index < -0.39 is 0 Å². The van der Waals surface area contributed by atoms with Crippen LogP contribution < -0.4 is 0 Å². The van der Waals surface area contributed by atoms with E-state index in [1.165, 1.54) is 0 Å². The smallest absolute Gasteiger partial charge is 0.274 e. The van der Waals surface area contributed by atoms with Gasteiger partial charge in [-0.2, -0.15) is 5.10 Å². The number of amides is 1. The molecule has 4 rings (SSSR count). The van der Waals surface area contributed by atoms with E-state index in [1.54, 1.807) is 4.68 Å². The number of carbonyl (C=O) groups excluding carboxylic acids is 1. The Hall–Kier alpha value is -2.92. The number of hydrogen-bond acceptors (Lipinski definition) is 3. The number of hydrogen-bond donors (Lipinski definition) is 0. The fourth-order valence-electron chi connectivity index (χ4n) is 3.79. The predicted molar refractivity (Wildman–Crippen MR) is 113 cm³/mol. The molecule has 1 aromatic heterocycles. The molecule has 0 saturated carbocycles. The highest BCUT2D eigenvalue weighted by molar-refractivity contribution is 5.93. The lowest BCUT2D eigenvalue weighted by Gasteiger charge is -2.39. The summed E-state index contributed by atoms with van der Waals surface area (Å²) in [5, 5.41) is 4.51. The van der Waals surface area contributed by atoms with Gasteiger partial charge in [0.05, 0.1) is 18.3 Å². The number of carbonyl (C=O) groups is 1. The maximum absolute atomic E-state index is 13.3. The molecule has 0 spiro atoms. The van der Waals surface area contributed by atoms with Gasteiger partial charge in [0.2, 0.25) is 0 Å². The van der Waals surface area contributed by atoms with Gasteiger partial charge in [-0.1, -0.05) is 74.5 Å². The molecule has 2 heterocycles. The van der Waals surface area contributed by atoms with Crippen molar-refractivity contribution in [3.8, 4) is 11.3 Å². The largest absolute Gasteiger partial charge is 0.366 e. The Balaban J connectivity index is 1.60. The maximum Gasteiger partial charge on any atom is 0.274 e. The summed E-state index contributed by atoms with van der Waals surface area (Å²) in [6, 6.07) is 22.0. The van der Waals surface area contributed by atoms with E-state index in [1.807, 2.05) is 66.5 Å². The predicted octanol–water partition coefficient (Wildman–Crippen LogP) is 4.33. The van der Waals surface area contributed by atoms with Gasteiger partial charge in [-0.25, -0.2) is 0 Å². The molecule has 0 N–H and O–H groups in total. The molecule has 3 aromatic rings. The molecule has 1 saturated heterocycles. The van der Waals surface area contributed by atoms with E-state index in [2.05, 4.69) is 31.1 Å². The second-order valence-electron chi connectivity index (χ2n) is 7.93. The number of aromatic nitrogens is 2. The van der Waals surface area contributed by atoms with Gasteiger partial charge in [0.1, 0.15) is 6.10 Å². The van der Waals surface area contributed by atoms with Crippen molar-refractivity contribution in [2.24, 2.45) is 13.0 Å². The van der Waals surface area contributed by atoms with Crippen molar-refractivity contribution in [1.82, 2.24) is 14.7 Å². The summed E-state index contributed by atoms with van der Waals surface area (Å²) in [5.41, 5.74) is 3.55. The molecule has 2 aromatic carbocycles. The van der Waals surface area contributed by atoms with Gasteiger partial charge >= 0.3 is 0 Å². The van der Waals surface area contributed by atoms with Crippen molar-refractivity contribution < 1.29 is 9.53 Å². The summed E-state index contributed by atoms with van der Waals surface area (Å²) >= 11 is 0. The first-order valence-corrected chi connectivity index (χ1v) is 10.1. The minimum atomic E-state index is -0.126. The number of nitrogens with zero attached hydrogens (tertiary/aromatic N) is 3. The molecule has 1 aliphatic heterocycles. The van der Waals surface area contributed by atoms with Crippen LogP contribution in [0, 0.1) is 5.92 Å². The highest BCUT2D eigenvalue weighted by Crippen LogP contribution is 2.29. The van der Waals surface area contributed by atoms with E-state index in [9.17, 15) is 4.79 Å². The second kappa shape index (κ2) is 8.21. The summed E-state index contributed by atoms with van der Waals surface area (Å²) in [6.45, 7) is 5.38. The van der Waals surface area contributed by atoms with Gasteiger partial charge in [0.25, 0.3) is 5.91 Å². The molecule has 5 heteroatoms. The van der Waals surface area contributed by atoms with Crippen LogP contribution >= 0.6 is 0 Å². The van der Waals surface area contributed by atoms with E-state index in [-0.39, 0.29) is 18.1 Å². The average Bonchev–Trinajstić information content (AvgIpc) is 3.15. The zero-order valence-electron chi connectivity index (χ0n) is 17.2. The van der Waals surface area contributed by atoms with Gasteiger partial charge < -0.3 is 9.64 Å². The van der Waals surface area contributed by atoms with Crippen LogP contribution in [0.3, 0.4) is 0 Å². The number of morpholine rings is 1. The van der Waals surface area contributed by atoms with E-state index in [4.69, 9.17) is 4.74 Å². The summed E-state index contributed by atoms with van der Waals surface area (Å²) < 4.78 is 8.10. The molecule has 150 valence electrons. The average molecular weight is 389 g/mol. The lowest BCUT2D eigenvalue weighted by molar-refractivity contribution is -0.0955. The van der Waals surface area contributed by atoms with Crippen LogP contribution in [0.1, 0.15) is 36.0 Å². The van der Waals surface area contributed by atoms with Crippen molar-refractivity contribution >= 4 is 5.91 Å². The van der Waals surface area contributed by atoms with Crippen LogP contribution in [-0.2, 0) is 11.8 Å². The standard InChI is InChI=1S/C24H27N3O2/c1-17(2)22-15-27(16-23(29-22)19-12-8-5-9-13-19)24(28)20-14-21(26(3)25-20)18-10-6-4-7-11-18/h4-14,17,22-23H,15-16H2,1-3H3/t22-,23+/m1/s1. The molecule has 1 amide bonds. The first-order chi connectivity index (χ1) is 14.0. The number of aryl methyl sites for hydroxylation is 1. The van der Waals surface area contributed by atoms with Crippen LogP contribution in [-0.4, -0.2) is 39.8 Å². The Bertz CT molecular complexity index is 966. The van der Waals surface area contributed by atoms with E-state index in [0.717, 1.165) is 16.8 Å². The second-order valence-corrected chi connectivity index (χ2v) is 7.93. The van der Waals surface area contributed by atoms with Crippen LogP contribution in [0.4, 0.5) is 0 Å². The maximum atomic E-state index is 13.3. The third kappa shape index (κ3) is 4.10. The Morgan fingerprint density at radius 2 is 1.69 bits per heavy atom. The molecule has 0 bridgehead atoms. The lowest BCUT2D eigenvalue weighted by Crippen LogP contribution is -2.48. The number of benzene rings is 2. The fraction of sp³-hybridized carbons (Fsp3) is 0.333. The topological polar surface area (TPSA) is 47.4 Å². The van der Waals surface area contributed by atoms with Crippen molar-refractivity contribution in [3.63, 3.8) is 0 Å². The molecular formula is C24H27N3O2. The van der Waals surface area contributed by atoms with Gasteiger partial charge in [-0.3, -0.25) is 9.48 Å². The van der Waals surface area contributed by atoms with E-state index >= 15 is 0 Å². The van der Waals surface area contributed by atoms with Crippen LogP contribution in [0.25, 0.3) is 11.3 Å². The Kier molecular flexibility index (Phi) is 5.49. The molecule has 0 unspecified atom stereocenters. The lowest BCUT2D eigenvalue weighted by atomic mass is 10.0. The van der Waals surface area contributed by atoms with Crippen molar-refractivity contribution in [2.45, 2.75) is 26.1 Å². The van der Waals surface area contributed by atoms with Crippen LogP contribution in [0.15, 0.2) is 66.7 Å². The molecule has 0 aliphatic carbocycles. The molecule has 29 heavy (non-hydrogen) atoms. The first kappa shape index (κ1) is 19.4. The summed E-state index contributed by atoms with van der Waals surface area (Å²) in [7, 11) is 1.88. The van der Waals surface area contributed by atoms with E-state index in [0.29, 0.717) is 24.7 Å². The molecular weight excluding hydrogens is 362 g/mol. The summed E-state index contributed by atoms with van der Waals surface area (Å²) in [5.74, 6) is 0.276. The third-order valence-electron chi connectivity index (χ3n) is 5.50. The SMILES string of the molecule is CC(C)[C@H]1CN(C(=O)c2cc(-c3ccccc3)n(C)n2)C[C@@H](c2ccccc2)O1. The molecule has 1 aliphatic rings. The Morgan fingerprint density at radius 3 is 2.34 bits per heavy atom. The first-order valence-electron chi connectivity index (χ1n) is 10.1. The monoisotopic (exact) mass is 389 g/mol. The van der Waals surface area contributed by atoms with Gasteiger partial charge in [-0.15, -0.1) is 0 Å². The van der Waals surface area contributed by atoms with Crippen molar-refractivity contribution in [3.05, 3.63) is 78.0 Å². The normalized spacial score (nSPS) is 19.5. The van der Waals surface area contributed by atoms with Crippen molar-refractivity contribution in [2.75, 3.05) is 13.1 Å². The quantitative estimate of drug-likeness (QED) is 0.667. The molecule has 1 fully saturated rings. The number of rotatable bonds is 4. The molecule has 2 atom stereocenters. The Labute approximate surface area is 171 Å². The highest BCUT2D eigenvalue weighted by Gasteiger charge is 2.34. The summed E-state index contributed by atoms with van der Waals surface area (Å²) in [6.07, 6.45) is -0.131. The van der Waals surface area contributed by atoms with Crippen molar-refractivity contribution in [1.29, 1.82) is 0 Å². The fourth-order valence-corrected chi connectivity index (χ4v) is 3.79. The number of ether oxygens (including phenoxy) is 1. The van der Waals surface area contributed by atoms with Gasteiger partial charge in [-0.05, 0) is 23.1 Å². The Morgan fingerprint density at radius 1 is 1.03 bits per heavy atom. The zero-order valence-corrected chi connectivity index (χ0v) is 17.2. The van der Waals surface area contributed by atoms with Gasteiger partial charge in [0, 0.05) is 13.6 Å². The minimum absolute atomic E-state index is 0.00443. The molecule has 0 radical (unpaired) electrons. The van der Waals surface area contributed by atoms with Crippen LogP contribution in [0.5, 0.6) is 0 Å². The zero-order chi connectivity index (χ0) is 20.4. The summed E-state index contributed by atoms with van der Waals surface area (Å²) in [4.78, 5) is 15.2.